The summed E-state index contributed by atoms with van der Waals surface area (Å²) in [6.45, 7) is 0. The van der Waals surface area contributed by atoms with Crippen molar-refractivity contribution >= 4 is 0 Å². The molecule has 0 saturated heterocycles. The third-order valence-electron chi connectivity index (χ3n) is 2.13. The number of halogens is 1. The molecule has 0 spiro atoms. The highest BCUT2D eigenvalue weighted by Crippen LogP contribution is 2.15. The van der Waals surface area contributed by atoms with Gasteiger partial charge in [0, 0.05) is 18.8 Å². The largest absolute Gasteiger partial charge is 0.364 e. The van der Waals surface area contributed by atoms with Crippen LogP contribution in [0.3, 0.4) is 0 Å². The highest BCUT2D eigenvalue weighted by molar-refractivity contribution is 5.40. The monoisotopic (exact) mass is 206 g/mol. The summed E-state index contributed by atoms with van der Waals surface area (Å²) in [5, 5.41) is 12.8. The normalized spacial score (nSPS) is 12.7. The molecule has 0 saturated carbocycles. The molecule has 2 aromatic rings. The van der Waals surface area contributed by atoms with Gasteiger partial charge in [0.25, 0.3) is 0 Å². The van der Waals surface area contributed by atoms with E-state index >= 15 is 0 Å². The van der Waals surface area contributed by atoms with Crippen molar-refractivity contribution in [3.63, 3.8) is 0 Å². The minimum atomic E-state index is -1.83. The zero-order chi connectivity index (χ0) is 10.7. The Morgan fingerprint density at radius 1 is 1.33 bits per heavy atom. The predicted octanol–water partition coefficient (Wildman–Crippen LogP) is 1.70. The molecule has 4 heteroatoms. The lowest BCUT2D eigenvalue weighted by Gasteiger charge is -2.09. The van der Waals surface area contributed by atoms with Crippen molar-refractivity contribution in [1.29, 1.82) is 0 Å². The molecule has 1 unspecified atom stereocenters. The first-order chi connectivity index (χ1) is 7.27. The van der Waals surface area contributed by atoms with Crippen LogP contribution in [0.4, 0.5) is 4.39 Å². The van der Waals surface area contributed by atoms with Crippen molar-refractivity contribution in [2.24, 2.45) is 0 Å². The number of alkyl halides is 1. The second-order valence-electron chi connectivity index (χ2n) is 3.22. The molecular weight excluding hydrogens is 195 g/mol. The molecule has 0 aliphatic rings. The zero-order valence-corrected chi connectivity index (χ0v) is 8.05. The van der Waals surface area contributed by atoms with Crippen LogP contribution in [0.5, 0.6) is 0 Å². The Balaban J connectivity index is 2.38. The van der Waals surface area contributed by atoms with Crippen LogP contribution in [0.1, 0.15) is 5.56 Å². The van der Waals surface area contributed by atoms with Gasteiger partial charge in [-0.15, -0.1) is 0 Å². The van der Waals surface area contributed by atoms with Gasteiger partial charge in [0.05, 0.1) is 5.69 Å². The van der Waals surface area contributed by atoms with Gasteiger partial charge >= 0.3 is 0 Å². The first kappa shape index (κ1) is 9.86. The molecule has 1 atom stereocenters. The van der Waals surface area contributed by atoms with Gasteiger partial charge in [-0.05, 0) is 17.7 Å². The van der Waals surface area contributed by atoms with Crippen molar-refractivity contribution in [2.75, 3.05) is 0 Å². The maximum absolute atomic E-state index is 12.5. The fraction of sp³-hybridized carbons (Fsp3) is 0.182. The van der Waals surface area contributed by atoms with E-state index in [1.807, 2.05) is 18.2 Å². The van der Waals surface area contributed by atoms with E-state index in [0.29, 0.717) is 0 Å². The molecule has 78 valence electrons. The van der Waals surface area contributed by atoms with Crippen molar-refractivity contribution in [3.8, 4) is 5.69 Å². The average Bonchev–Trinajstić information content (AvgIpc) is 2.70. The second kappa shape index (κ2) is 4.23. The van der Waals surface area contributed by atoms with Crippen molar-refractivity contribution in [3.05, 3.63) is 48.3 Å². The molecule has 0 aliphatic heterocycles. The van der Waals surface area contributed by atoms with Crippen LogP contribution in [0.2, 0.25) is 0 Å². The smallest absolute Gasteiger partial charge is 0.200 e. The van der Waals surface area contributed by atoms with E-state index in [4.69, 9.17) is 5.11 Å². The minimum absolute atomic E-state index is 0.0178. The molecule has 3 nitrogen and oxygen atoms in total. The molecule has 1 aromatic carbocycles. The molecule has 0 amide bonds. The molecule has 0 aliphatic carbocycles. The average molecular weight is 206 g/mol. The fourth-order valence-corrected chi connectivity index (χ4v) is 1.50. The van der Waals surface area contributed by atoms with Crippen molar-refractivity contribution < 1.29 is 9.50 Å². The third kappa shape index (κ3) is 2.22. The summed E-state index contributed by atoms with van der Waals surface area (Å²) in [4.78, 5) is 0. The minimum Gasteiger partial charge on any atom is -0.364 e. The van der Waals surface area contributed by atoms with Gasteiger partial charge in [0.15, 0.2) is 6.36 Å². The molecule has 15 heavy (non-hydrogen) atoms. The summed E-state index contributed by atoms with van der Waals surface area (Å²) in [6.07, 6.45) is 1.59. The molecule has 0 radical (unpaired) electrons. The van der Waals surface area contributed by atoms with Gasteiger partial charge in [-0.3, -0.25) is 0 Å². The number of hydrogen-bond donors (Lipinski definition) is 1. The van der Waals surface area contributed by atoms with Gasteiger partial charge in [-0.25, -0.2) is 9.07 Å². The molecule has 0 bridgehead atoms. The number of aliphatic hydroxyl groups excluding tert-OH is 1. The fourth-order valence-electron chi connectivity index (χ4n) is 1.50. The van der Waals surface area contributed by atoms with Gasteiger partial charge in [0.2, 0.25) is 0 Å². The predicted molar refractivity (Wildman–Crippen MR) is 54.4 cm³/mol. The Labute approximate surface area is 86.8 Å². The topological polar surface area (TPSA) is 38.0 Å². The summed E-state index contributed by atoms with van der Waals surface area (Å²) >= 11 is 0. The molecular formula is C11H11FN2O. The first-order valence-corrected chi connectivity index (χ1v) is 4.67. The lowest BCUT2D eigenvalue weighted by Crippen LogP contribution is -2.07. The number of rotatable bonds is 3. The number of para-hydroxylation sites is 1. The van der Waals surface area contributed by atoms with E-state index in [1.165, 1.54) is 0 Å². The Kier molecular flexibility index (Phi) is 2.78. The summed E-state index contributed by atoms with van der Waals surface area (Å²) in [5.41, 5.74) is 1.52. The van der Waals surface area contributed by atoms with Crippen LogP contribution in [0.15, 0.2) is 42.7 Å². The van der Waals surface area contributed by atoms with Crippen LogP contribution in [-0.4, -0.2) is 21.2 Å². The molecule has 1 heterocycles. The maximum Gasteiger partial charge on any atom is 0.200 e. The molecule has 2 rings (SSSR count). The summed E-state index contributed by atoms with van der Waals surface area (Å²) in [6, 6.07) is 9.07. The highest BCUT2D eigenvalue weighted by Gasteiger charge is 2.08. The molecule has 1 aromatic heterocycles. The Bertz CT molecular complexity index is 426. The zero-order valence-electron chi connectivity index (χ0n) is 8.05. The maximum atomic E-state index is 12.5. The lowest BCUT2D eigenvalue weighted by atomic mass is 10.1. The van der Waals surface area contributed by atoms with Crippen LogP contribution in [-0.2, 0) is 6.42 Å². The Morgan fingerprint density at radius 3 is 2.80 bits per heavy atom. The lowest BCUT2D eigenvalue weighted by molar-refractivity contribution is 0.0429. The van der Waals surface area contributed by atoms with Gasteiger partial charge < -0.3 is 5.11 Å². The second-order valence-corrected chi connectivity index (χ2v) is 3.22. The quantitative estimate of drug-likeness (QED) is 0.830. The summed E-state index contributed by atoms with van der Waals surface area (Å²) in [5.74, 6) is 0. The number of benzene rings is 1. The first-order valence-electron chi connectivity index (χ1n) is 4.67. The summed E-state index contributed by atoms with van der Waals surface area (Å²) < 4.78 is 14.2. The highest BCUT2D eigenvalue weighted by atomic mass is 19.1. The van der Waals surface area contributed by atoms with E-state index in [0.717, 1.165) is 11.3 Å². The molecule has 1 N–H and O–H groups in total. The van der Waals surface area contributed by atoms with E-state index in [2.05, 4.69) is 5.10 Å². The molecule has 0 fully saturated rings. The van der Waals surface area contributed by atoms with E-state index in [9.17, 15) is 4.39 Å². The van der Waals surface area contributed by atoms with E-state index in [1.54, 1.807) is 29.2 Å². The van der Waals surface area contributed by atoms with Crippen LogP contribution in [0.25, 0.3) is 5.69 Å². The van der Waals surface area contributed by atoms with Gasteiger partial charge in [-0.2, -0.15) is 5.10 Å². The number of hydrogen-bond acceptors (Lipinski definition) is 2. The standard InChI is InChI=1S/C11H11FN2O/c12-11(15)8-9-4-1-2-5-10(9)14-7-3-6-13-14/h1-7,11,15H,8H2. The Hall–Kier alpha value is -1.68. The van der Waals surface area contributed by atoms with Gasteiger partial charge in [-0.1, -0.05) is 18.2 Å². The van der Waals surface area contributed by atoms with Crippen molar-refractivity contribution in [2.45, 2.75) is 12.8 Å². The number of aromatic nitrogens is 2. The number of aliphatic hydroxyl groups is 1. The van der Waals surface area contributed by atoms with E-state index < -0.39 is 6.36 Å². The third-order valence-corrected chi connectivity index (χ3v) is 2.13. The van der Waals surface area contributed by atoms with Crippen LogP contribution < -0.4 is 0 Å². The van der Waals surface area contributed by atoms with Gasteiger partial charge in [0.1, 0.15) is 0 Å². The Morgan fingerprint density at radius 2 is 2.13 bits per heavy atom. The van der Waals surface area contributed by atoms with Crippen molar-refractivity contribution in [1.82, 2.24) is 9.78 Å². The van der Waals surface area contributed by atoms with E-state index in [-0.39, 0.29) is 6.42 Å². The SMILES string of the molecule is OC(F)Cc1ccccc1-n1cccn1. The van der Waals surface area contributed by atoms with Crippen LogP contribution >= 0.6 is 0 Å². The summed E-state index contributed by atoms with van der Waals surface area (Å²) in [7, 11) is 0. The number of nitrogens with zero attached hydrogens (tertiary/aromatic N) is 2. The van der Waals surface area contributed by atoms with Crippen LogP contribution in [0, 0.1) is 0 Å².